The minimum Gasteiger partial charge on any atom is -0.348 e. The number of hydrogen-bond acceptors (Lipinski definition) is 3. The van der Waals surface area contributed by atoms with Crippen LogP contribution in [0.5, 0.6) is 0 Å². The van der Waals surface area contributed by atoms with Crippen molar-refractivity contribution in [3.63, 3.8) is 0 Å². The summed E-state index contributed by atoms with van der Waals surface area (Å²) in [7, 11) is 5.12. The number of hydrogen-bond donors (Lipinski definition) is 0. The molecule has 0 saturated heterocycles. The first-order valence-corrected chi connectivity index (χ1v) is 7.74. The maximum Gasteiger partial charge on any atom is 0.236 e. The smallest absolute Gasteiger partial charge is 0.236 e. The first kappa shape index (κ1) is 19.1. The van der Waals surface area contributed by atoms with Crippen LogP contribution in [0.15, 0.2) is 24.3 Å². The Morgan fingerprint density at radius 1 is 1.00 bits per heavy atom. The molecule has 0 aliphatic carbocycles. The SMILES string of the molecule is CCCN(CC(=O)N(C)C)CC(=O)N(C)Cc1ccc(F)cc1. The maximum atomic E-state index is 12.9. The maximum absolute atomic E-state index is 12.9. The number of likely N-dealkylation sites (N-methyl/N-ethyl adjacent to an activating group) is 2. The molecule has 1 aromatic rings. The Bertz CT molecular complexity index is 517. The Labute approximate surface area is 137 Å². The van der Waals surface area contributed by atoms with Crippen molar-refractivity contribution in [1.82, 2.24) is 14.7 Å². The van der Waals surface area contributed by atoms with E-state index in [0.29, 0.717) is 13.1 Å². The lowest BCUT2D eigenvalue weighted by Crippen LogP contribution is -2.43. The van der Waals surface area contributed by atoms with Crippen molar-refractivity contribution < 1.29 is 14.0 Å². The zero-order chi connectivity index (χ0) is 17.4. The van der Waals surface area contributed by atoms with E-state index < -0.39 is 0 Å². The predicted octanol–water partition coefficient (Wildman–Crippen LogP) is 1.58. The number of nitrogens with zero attached hydrogens (tertiary/aromatic N) is 3. The van der Waals surface area contributed by atoms with E-state index in [0.717, 1.165) is 12.0 Å². The second-order valence-electron chi connectivity index (χ2n) is 5.88. The highest BCUT2D eigenvalue weighted by atomic mass is 19.1. The summed E-state index contributed by atoms with van der Waals surface area (Å²) in [5.41, 5.74) is 0.869. The Hall–Kier alpha value is -1.95. The van der Waals surface area contributed by atoms with Gasteiger partial charge < -0.3 is 9.80 Å². The molecule has 6 heteroatoms. The van der Waals surface area contributed by atoms with Gasteiger partial charge in [0.2, 0.25) is 11.8 Å². The quantitative estimate of drug-likeness (QED) is 0.730. The fourth-order valence-electron chi connectivity index (χ4n) is 2.13. The predicted molar refractivity (Wildman–Crippen MR) is 88.3 cm³/mol. The molecule has 0 saturated carbocycles. The van der Waals surface area contributed by atoms with Crippen molar-refractivity contribution in [2.45, 2.75) is 19.9 Å². The van der Waals surface area contributed by atoms with E-state index in [-0.39, 0.29) is 30.7 Å². The molecule has 0 radical (unpaired) electrons. The van der Waals surface area contributed by atoms with Crippen LogP contribution in [0.4, 0.5) is 4.39 Å². The zero-order valence-corrected chi connectivity index (χ0v) is 14.4. The van der Waals surface area contributed by atoms with E-state index in [9.17, 15) is 14.0 Å². The second kappa shape index (κ2) is 9.25. The third-order valence-electron chi connectivity index (χ3n) is 3.52. The molecule has 0 aliphatic heterocycles. The zero-order valence-electron chi connectivity index (χ0n) is 14.4. The summed E-state index contributed by atoms with van der Waals surface area (Å²) in [5.74, 6) is -0.374. The van der Waals surface area contributed by atoms with Crippen LogP contribution in [0.2, 0.25) is 0 Å². The van der Waals surface area contributed by atoms with Crippen LogP contribution >= 0.6 is 0 Å². The molecule has 0 aromatic heterocycles. The molecule has 0 spiro atoms. The molecular weight excluding hydrogens is 297 g/mol. The topological polar surface area (TPSA) is 43.9 Å². The number of carbonyl (C=O) groups is 2. The molecule has 0 bridgehead atoms. The molecule has 0 atom stereocenters. The fourth-order valence-corrected chi connectivity index (χ4v) is 2.13. The average molecular weight is 323 g/mol. The van der Waals surface area contributed by atoms with Crippen molar-refractivity contribution in [3.8, 4) is 0 Å². The van der Waals surface area contributed by atoms with Gasteiger partial charge in [0, 0.05) is 27.7 Å². The summed E-state index contributed by atoms with van der Waals surface area (Å²) in [6.45, 7) is 3.55. The first-order valence-electron chi connectivity index (χ1n) is 7.74. The number of carbonyl (C=O) groups excluding carboxylic acids is 2. The highest BCUT2D eigenvalue weighted by Crippen LogP contribution is 2.06. The summed E-state index contributed by atoms with van der Waals surface area (Å²) in [5, 5.41) is 0. The van der Waals surface area contributed by atoms with Crippen molar-refractivity contribution in [2.24, 2.45) is 0 Å². The van der Waals surface area contributed by atoms with E-state index in [1.165, 1.54) is 17.0 Å². The number of rotatable bonds is 8. The number of halogens is 1. The van der Waals surface area contributed by atoms with Crippen molar-refractivity contribution >= 4 is 11.8 Å². The summed E-state index contributed by atoms with van der Waals surface area (Å²) in [6, 6.07) is 6.09. The van der Waals surface area contributed by atoms with Crippen molar-refractivity contribution in [1.29, 1.82) is 0 Å². The molecule has 0 heterocycles. The molecule has 2 amide bonds. The van der Waals surface area contributed by atoms with Crippen LogP contribution < -0.4 is 0 Å². The Morgan fingerprint density at radius 2 is 1.57 bits per heavy atom. The Morgan fingerprint density at radius 3 is 2.09 bits per heavy atom. The minimum atomic E-state index is -0.293. The Kier molecular flexibility index (Phi) is 7.68. The summed E-state index contributed by atoms with van der Waals surface area (Å²) in [4.78, 5) is 29.1. The van der Waals surface area contributed by atoms with Gasteiger partial charge in [-0.1, -0.05) is 19.1 Å². The highest BCUT2D eigenvalue weighted by molar-refractivity contribution is 5.80. The molecule has 5 nitrogen and oxygen atoms in total. The van der Waals surface area contributed by atoms with E-state index in [2.05, 4.69) is 0 Å². The van der Waals surface area contributed by atoms with Crippen LogP contribution in [0.3, 0.4) is 0 Å². The second-order valence-corrected chi connectivity index (χ2v) is 5.88. The lowest BCUT2D eigenvalue weighted by atomic mass is 10.2. The van der Waals surface area contributed by atoms with E-state index in [4.69, 9.17) is 0 Å². The molecule has 1 rings (SSSR count). The van der Waals surface area contributed by atoms with Gasteiger partial charge in [0.25, 0.3) is 0 Å². The van der Waals surface area contributed by atoms with Crippen LogP contribution in [-0.2, 0) is 16.1 Å². The highest BCUT2D eigenvalue weighted by Gasteiger charge is 2.17. The van der Waals surface area contributed by atoms with E-state index >= 15 is 0 Å². The molecule has 0 N–H and O–H groups in total. The molecule has 1 aromatic carbocycles. The molecule has 128 valence electrons. The monoisotopic (exact) mass is 323 g/mol. The van der Waals surface area contributed by atoms with Gasteiger partial charge in [-0.3, -0.25) is 14.5 Å². The largest absolute Gasteiger partial charge is 0.348 e. The van der Waals surface area contributed by atoms with E-state index in [1.54, 1.807) is 38.2 Å². The average Bonchev–Trinajstić information content (AvgIpc) is 2.49. The molecule has 0 unspecified atom stereocenters. The standard InChI is InChI=1S/C17H26FN3O2/c1-5-10-21(12-16(22)19(2)3)13-17(23)20(4)11-14-6-8-15(18)9-7-14/h6-9H,5,10-13H2,1-4H3. The van der Waals surface area contributed by atoms with Gasteiger partial charge in [-0.05, 0) is 30.7 Å². The molecule has 0 fully saturated rings. The normalized spacial score (nSPS) is 10.7. The molecule has 0 aliphatic rings. The van der Waals surface area contributed by atoms with Gasteiger partial charge in [-0.25, -0.2) is 4.39 Å². The van der Waals surface area contributed by atoms with Gasteiger partial charge in [-0.2, -0.15) is 0 Å². The van der Waals surface area contributed by atoms with Gasteiger partial charge >= 0.3 is 0 Å². The third-order valence-corrected chi connectivity index (χ3v) is 3.52. The van der Waals surface area contributed by atoms with Crippen LogP contribution in [-0.4, -0.2) is 67.3 Å². The van der Waals surface area contributed by atoms with Crippen LogP contribution in [0.25, 0.3) is 0 Å². The summed E-state index contributed by atoms with van der Waals surface area (Å²) in [6.07, 6.45) is 0.871. The van der Waals surface area contributed by atoms with Crippen molar-refractivity contribution in [2.75, 3.05) is 40.8 Å². The van der Waals surface area contributed by atoms with Crippen LogP contribution in [0.1, 0.15) is 18.9 Å². The fraction of sp³-hybridized carbons (Fsp3) is 0.529. The molecular formula is C17H26FN3O2. The van der Waals surface area contributed by atoms with E-state index in [1.807, 2.05) is 11.8 Å². The van der Waals surface area contributed by atoms with Crippen LogP contribution in [0, 0.1) is 5.82 Å². The lowest BCUT2D eigenvalue weighted by molar-refractivity contribution is -0.134. The summed E-state index contributed by atoms with van der Waals surface area (Å²) < 4.78 is 12.9. The third kappa shape index (κ3) is 6.78. The van der Waals surface area contributed by atoms with Gasteiger partial charge in [0.15, 0.2) is 0 Å². The van der Waals surface area contributed by atoms with Gasteiger partial charge in [-0.15, -0.1) is 0 Å². The Balaban J connectivity index is 2.59. The first-order chi connectivity index (χ1) is 10.8. The van der Waals surface area contributed by atoms with Gasteiger partial charge in [0.05, 0.1) is 13.1 Å². The summed E-state index contributed by atoms with van der Waals surface area (Å²) >= 11 is 0. The van der Waals surface area contributed by atoms with Gasteiger partial charge in [0.1, 0.15) is 5.82 Å². The van der Waals surface area contributed by atoms with Crippen molar-refractivity contribution in [3.05, 3.63) is 35.6 Å². The molecule has 23 heavy (non-hydrogen) atoms. The minimum absolute atomic E-state index is 0.0209. The number of benzene rings is 1. The number of amides is 2. The lowest BCUT2D eigenvalue weighted by Gasteiger charge is -2.25.